The van der Waals surface area contributed by atoms with E-state index in [1.807, 2.05) is 45.7 Å². The van der Waals surface area contributed by atoms with Gasteiger partial charge < -0.3 is 25.6 Å². The first-order chi connectivity index (χ1) is 14.6. The lowest BCUT2D eigenvalue weighted by Gasteiger charge is -2.39. The Morgan fingerprint density at radius 2 is 1.84 bits per heavy atom. The summed E-state index contributed by atoms with van der Waals surface area (Å²) in [6.07, 6.45) is 1.81. The van der Waals surface area contributed by atoms with Crippen LogP contribution in [0.25, 0.3) is 0 Å². The van der Waals surface area contributed by atoms with Crippen LogP contribution in [0, 0.1) is 0 Å². The summed E-state index contributed by atoms with van der Waals surface area (Å²) in [5, 5.41) is 10.2. The molecule has 2 rings (SSSR count). The second kappa shape index (κ2) is 13.3. The van der Waals surface area contributed by atoms with Crippen LogP contribution in [-0.4, -0.2) is 67.7 Å². The average molecular weight is 560 g/mol. The van der Waals surface area contributed by atoms with Crippen LogP contribution in [0.15, 0.2) is 35.3 Å². The molecular weight excluding hydrogens is 517 g/mol. The topological polar surface area (TPSA) is 78.0 Å². The van der Waals surface area contributed by atoms with E-state index in [0.29, 0.717) is 6.54 Å². The van der Waals surface area contributed by atoms with Gasteiger partial charge >= 0.3 is 0 Å². The lowest BCUT2D eigenvalue weighted by atomic mass is 9.88. The fourth-order valence-corrected chi connectivity index (χ4v) is 3.84. The summed E-state index contributed by atoms with van der Waals surface area (Å²) < 4.78 is 5.65. The van der Waals surface area contributed by atoms with Gasteiger partial charge in [0, 0.05) is 43.9 Å². The lowest BCUT2D eigenvalue weighted by Crippen LogP contribution is -2.54. The predicted octanol–water partition coefficient (Wildman–Crippen LogP) is 3.32. The van der Waals surface area contributed by atoms with Crippen molar-refractivity contribution in [1.29, 1.82) is 0 Å². The molecule has 1 fully saturated rings. The Morgan fingerprint density at radius 1 is 1.22 bits per heavy atom. The van der Waals surface area contributed by atoms with E-state index in [0.717, 1.165) is 38.6 Å². The van der Waals surface area contributed by atoms with Gasteiger partial charge in [-0.2, -0.15) is 0 Å². The highest BCUT2D eigenvalue weighted by molar-refractivity contribution is 14.0. The molecule has 8 heteroatoms. The molecule has 32 heavy (non-hydrogen) atoms. The molecule has 1 aromatic carbocycles. The van der Waals surface area contributed by atoms with Crippen molar-refractivity contribution in [3.05, 3.63) is 35.9 Å². The van der Waals surface area contributed by atoms with Gasteiger partial charge in [-0.3, -0.25) is 9.79 Å². The summed E-state index contributed by atoms with van der Waals surface area (Å²) >= 11 is 0. The van der Waals surface area contributed by atoms with Crippen molar-refractivity contribution in [3.63, 3.8) is 0 Å². The quantitative estimate of drug-likeness (QED) is 0.259. The Labute approximate surface area is 211 Å². The Balaban J connectivity index is 0.00000512. The standard InChI is InChI=1S/C24H41N5O2.HI/c1-7-25-22(29(6)17-21(30)28-23(3,4)5)26-18-24(13-15-31-16-14-24)27-19(2)20-11-9-8-10-12-20;/h8-12,19,27H,7,13-18H2,1-6H3,(H,25,26)(H,28,30);1H. The SMILES string of the molecule is CCNC(=NCC1(NC(C)c2ccccc2)CCOCC1)N(C)CC(=O)NC(C)(C)C.I. The van der Waals surface area contributed by atoms with Gasteiger partial charge in [-0.15, -0.1) is 24.0 Å². The number of likely N-dealkylation sites (N-methyl/N-ethyl adjacent to an activating group) is 1. The van der Waals surface area contributed by atoms with Crippen molar-refractivity contribution >= 4 is 35.8 Å². The smallest absolute Gasteiger partial charge is 0.240 e. The van der Waals surface area contributed by atoms with Crippen LogP contribution in [0.1, 0.15) is 59.1 Å². The van der Waals surface area contributed by atoms with E-state index in [1.165, 1.54) is 5.56 Å². The Hall–Kier alpha value is -1.39. The van der Waals surface area contributed by atoms with E-state index in [1.54, 1.807) is 0 Å². The first-order valence-corrected chi connectivity index (χ1v) is 11.3. The van der Waals surface area contributed by atoms with E-state index in [2.05, 4.69) is 47.1 Å². The Kier molecular flexibility index (Phi) is 11.9. The molecule has 1 aromatic rings. The van der Waals surface area contributed by atoms with Gasteiger partial charge in [0.2, 0.25) is 5.91 Å². The van der Waals surface area contributed by atoms with Crippen LogP contribution in [0.5, 0.6) is 0 Å². The highest BCUT2D eigenvalue weighted by atomic mass is 127. The third-order valence-electron chi connectivity index (χ3n) is 5.40. The number of guanidine groups is 1. The third kappa shape index (κ3) is 9.62. The third-order valence-corrected chi connectivity index (χ3v) is 5.40. The summed E-state index contributed by atoms with van der Waals surface area (Å²) in [6.45, 7) is 13.3. The number of hydrogen-bond acceptors (Lipinski definition) is 4. The average Bonchev–Trinajstić information content (AvgIpc) is 2.71. The zero-order chi connectivity index (χ0) is 22.9. The number of carbonyl (C=O) groups is 1. The highest BCUT2D eigenvalue weighted by Gasteiger charge is 2.34. The largest absolute Gasteiger partial charge is 0.381 e. The van der Waals surface area contributed by atoms with Gasteiger partial charge in [-0.25, -0.2) is 0 Å². The van der Waals surface area contributed by atoms with Crippen molar-refractivity contribution in [2.45, 2.75) is 64.6 Å². The molecule has 0 radical (unpaired) electrons. The second-order valence-electron chi connectivity index (χ2n) is 9.49. The molecule has 0 saturated carbocycles. The minimum Gasteiger partial charge on any atom is -0.381 e. The van der Waals surface area contributed by atoms with Gasteiger partial charge in [0.1, 0.15) is 0 Å². The van der Waals surface area contributed by atoms with E-state index < -0.39 is 0 Å². The first-order valence-electron chi connectivity index (χ1n) is 11.3. The zero-order valence-corrected chi connectivity index (χ0v) is 22.9. The molecule has 1 aliphatic heterocycles. The molecule has 182 valence electrons. The van der Waals surface area contributed by atoms with Crippen molar-refractivity contribution in [2.24, 2.45) is 4.99 Å². The zero-order valence-electron chi connectivity index (χ0n) is 20.5. The summed E-state index contributed by atoms with van der Waals surface area (Å²) in [6, 6.07) is 10.7. The molecule has 1 atom stereocenters. The van der Waals surface area contributed by atoms with E-state index in [9.17, 15) is 4.79 Å². The van der Waals surface area contributed by atoms with Crippen LogP contribution < -0.4 is 16.0 Å². The molecule has 1 heterocycles. The van der Waals surface area contributed by atoms with Crippen LogP contribution in [0.4, 0.5) is 0 Å². The molecule has 1 amide bonds. The first kappa shape index (κ1) is 28.6. The summed E-state index contributed by atoms with van der Waals surface area (Å²) in [4.78, 5) is 19.2. The summed E-state index contributed by atoms with van der Waals surface area (Å²) in [5.74, 6) is 0.726. The number of benzene rings is 1. The number of nitrogens with zero attached hydrogens (tertiary/aromatic N) is 2. The van der Waals surface area contributed by atoms with Crippen molar-refractivity contribution in [2.75, 3.05) is 39.9 Å². The molecule has 0 aliphatic carbocycles. The minimum atomic E-state index is -0.253. The molecule has 3 N–H and O–H groups in total. The molecule has 1 unspecified atom stereocenters. The molecule has 1 aliphatic rings. The van der Waals surface area contributed by atoms with E-state index in [-0.39, 0.29) is 53.5 Å². The van der Waals surface area contributed by atoms with Crippen molar-refractivity contribution in [3.8, 4) is 0 Å². The maximum absolute atomic E-state index is 12.4. The van der Waals surface area contributed by atoms with Gasteiger partial charge in [-0.05, 0) is 53.0 Å². The maximum atomic E-state index is 12.4. The maximum Gasteiger partial charge on any atom is 0.240 e. The summed E-state index contributed by atoms with van der Waals surface area (Å²) in [5.41, 5.74) is 0.875. The van der Waals surface area contributed by atoms with Crippen LogP contribution in [-0.2, 0) is 9.53 Å². The van der Waals surface area contributed by atoms with Gasteiger partial charge in [-0.1, -0.05) is 30.3 Å². The molecule has 1 saturated heterocycles. The molecular formula is C24H42IN5O2. The fourth-order valence-electron chi connectivity index (χ4n) is 3.84. The number of carbonyl (C=O) groups excluding carboxylic acids is 1. The fraction of sp³-hybridized carbons (Fsp3) is 0.667. The van der Waals surface area contributed by atoms with Crippen LogP contribution >= 0.6 is 24.0 Å². The number of aliphatic imine (C=N–C) groups is 1. The minimum absolute atomic E-state index is 0. The van der Waals surface area contributed by atoms with Crippen LogP contribution in [0.3, 0.4) is 0 Å². The van der Waals surface area contributed by atoms with Crippen molar-refractivity contribution in [1.82, 2.24) is 20.9 Å². The van der Waals surface area contributed by atoms with Gasteiger partial charge in [0.25, 0.3) is 0 Å². The van der Waals surface area contributed by atoms with Crippen molar-refractivity contribution < 1.29 is 9.53 Å². The number of rotatable bonds is 8. The van der Waals surface area contributed by atoms with E-state index in [4.69, 9.17) is 9.73 Å². The van der Waals surface area contributed by atoms with Gasteiger partial charge in [0.15, 0.2) is 5.96 Å². The predicted molar refractivity (Wildman–Crippen MR) is 143 cm³/mol. The lowest BCUT2D eigenvalue weighted by molar-refractivity contribution is -0.122. The molecule has 0 aromatic heterocycles. The molecule has 0 spiro atoms. The Bertz CT molecular complexity index is 715. The number of hydrogen-bond donors (Lipinski definition) is 3. The number of ether oxygens (including phenoxy) is 1. The van der Waals surface area contributed by atoms with E-state index >= 15 is 0 Å². The number of nitrogens with one attached hydrogen (secondary N) is 3. The molecule has 0 bridgehead atoms. The second-order valence-corrected chi connectivity index (χ2v) is 9.49. The van der Waals surface area contributed by atoms with Crippen LogP contribution in [0.2, 0.25) is 0 Å². The van der Waals surface area contributed by atoms with Gasteiger partial charge in [0.05, 0.1) is 13.1 Å². The summed E-state index contributed by atoms with van der Waals surface area (Å²) in [7, 11) is 1.90. The molecule has 7 nitrogen and oxygen atoms in total. The highest BCUT2D eigenvalue weighted by Crippen LogP contribution is 2.26. The number of halogens is 1. The Morgan fingerprint density at radius 3 is 2.41 bits per heavy atom. The number of amides is 1. The normalized spacial score (nSPS) is 17.1. The monoisotopic (exact) mass is 559 g/mol.